The number of hydrogen-bond acceptors (Lipinski definition) is 2. The lowest BCUT2D eigenvalue weighted by Gasteiger charge is -2.02. The van der Waals surface area contributed by atoms with Crippen LogP contribution in [0, 0.1) is 0 Å². The topological polar surface area (TPSA) is 22.1 Å². The van der Waals surface area contributed by atoms with E-state index in [2.05, 4.69) is 11.1 Å². The minimum atomic E-state index is 0.650. The van der Waals surface area contributed by atoms with Gasteiger partial charge in [0.2, 0.25) is 5.88 Å². The third kappa shape index (κ3) is 1.47. The van der Waals surface area contributed by atoms with E-state index in [1.807, 2.05) is 31.2 Å². The lowest BCUT2D eigenvalue weighted by Crippen LogP contribution is -1.93. The number of fused-ring (bicyclic) bond motifs is 1. The lowest BCUT2D eigenvalue weighted by molar-refractivity contribution is 0.329. The van der Waals surface area contributed by atoms with E-state index in [1.54, 1.807) is 6.20 Å². The van der Waals surface area contributed by atoms with Crippen LogP contribution in [0.25, 0.3) is 11.1 Å². The van der Waals surface area contributed by atoms with E-state index in [-0.39, 0.29) is 0 Å². The molecule has 13 heavy (non-hydrogen) atoms. The van der Waals surface area contributed by atoms with Gasteiger partial charge in [-0.3, -0.25) is 0 Å². The molecule has 0 saturated heterocycles. The minimum Gasteiger partial charge on any atom is -0.478 e. The molecule has 1 heterocycles. The second kappa shape index (κ2) is 3.44. The fourth-order valence-corrected chi connectivity index (χ4v) is 1.35. The van der Waals surface area contributed by atoms with Gasteiger partial charge in [-0.05, 0) is 24.6 Å². The average molecular weight is 173 g/mol. The van der Waals surface area contributed by atoms with Crippen LogP contribution in [0.15, 0.2) is 36.5 Å². The smallest absolute Gasteiger partial charge is 0.221 e. The van der Waals surface area contributed by atoms with E-state index in [0.29, 0.717) is 12.5 Å². The van der Waals surface area contributed by atoms with Crippen molar-refractivity contribution in [1.29, 1.82) is 0 Å². The van der Waals surface area contributed by atoms with Gasteiger partial charge >= 0.3 is 0 Å². The molecule has 0 fully saturated rings. The maximum Gasteiger partial charge on any atom is 0.221 e. The molecule has 0 unspecified atom stereocenters. The molecule has 0 amide bonds. The Labute approximate surface area is 77.5 Å². The van der Waals surface area contributed by atoms with E-state index in [9.17, 15) is 0 Å². The molecule has 0 aromatic rings. The third-order valence-corrected chi connectivity index (χ3v) is 1.91. The Morgan fingerprint density at radius 2 is 2.08 bits per heavy atom. The number of rotatable bonds is 2. The zero-order chi connectivity index (χ0) is 9.10. The van der Waals surface area contributed by atoms with Crippen molar-refractivity contribution in [3.05, 3.63) is 36.5 Å². The van der Waals surface area contributed by atoms with Crippen molar-refractivity contribution < 1.29 is 4.74 Å². The molecule has 2 nitrogen and oxygen atoms in total. The van der Waals surface area contributed by atoms with Gasteiger partial charge in [0.1, 0.15) is 0 Å². The van der Waals surface area contributed by atoms with Crippen LogP contribution >= 0.6 is 0 Å². The minimum absolute atomic E-state index is 0.650. The largest absolute Gasteiger partial charge is 0.478 e. The van der Waals surface area contributed by atoms with Crippen LogP contribution in [0.3, 0.4) is 0 Å². The van der Waals surface area contributed by atoms with E-state index < -0.39 is 0 Å². The molecule has 0 radical (unpaired) electrons. The van der Waals surface area contributed by atoms with Crippen LogP contribution in [-0.4, -0.2) is 11.6 Å². The normalized spacial score (nSPS) is 10.2. The summed E-state index contributed by atoms with van der Waals surface area (Å²) in [4.78, 5) is 4.21. The molecule has 0 aromatic heterocycles. The molecule has 0 bridgehead atoms. The Morgan fingerprint density at radius 1 is 1.23 bits per heavy atom. The summed E-state index contributed by atoms with van der Waals surface area (Å²) >= 11 is 0. The van der Waals surface area contributed by atoms with Crippen LogP contribution < -0.4 is 4.74 Å². The zero-order valence-corrected chi connectivity index (χ0v) is 7.53. The van der Waals surface area contributed by atoms with Crippen molar-refractivity contribution in [2.24, 2.45) is 0 Å². The molecule has 0 aromatic carbocycles. The third-order valence-electron chi connectivity index (χ3n) is 1.91. The average Bonchev–Trinajstić information content (AvgIpc) is 2.52. The van der Waals surface area contributed by atoms with Crippen molar-refractivity contribution in [2.75, 3.05) is 6.61 Å². The molecule has 0 N–H and O–H groups in total. The van der Waals surface area contributed by atoms with E-state index >= 15 is 0 Å². The number of nitrogens with zero attached hydrogens (tertiary/aromatic N) is 1. The monoisotopic (exact) mass is 173 g/mol. The van der Waals surface area contributed by atoms with Gasteiger partial charge in [0.25, 0.3) is 0 Å². The van der Waals surface area contributed by atoms with Gasteiger partial charge in [0.15, 0.2) is 0 Å². The lowest BCUT2D eigenvalue weighted by atomic mass is 10.2. The zero-order valence-electron chi connectivity index (χ0n) is 7.53. The van der Waals surface area contributed by atoms with Crippen molar-refractivity contribution in [3.8, 4) is 17.0 Å². The molecule has 0 saturated carbocycles. The number of ether oxygens (including phenoxy) is 1. The summed E-state index contributed by atoms with van der Waals surface area (Å²) in [5, 5.41) is 0. The maximum absolute atomic E-state index is 5.43. The van der Waals surface area contributed by atoms with Gasteiger partial charge in [-0.25, -0.2) is 4.98 Å². The first-order valence-corrected chi connectivity index (χ1v) is 4.38. The molecule has 1 aliphatic carbocycles. The van der Waals surface area contributed by atoms with Crippen molar-refractivity contribution >= 4 is 0 Å². The highest BCUT2D eigenvalue weighted by Crippen LogP contribution is 2.29. The standard InChI is InChI=1S/C11H11NO/c1-2-13-11-10-7-3-5-9(10)6-4-8-12-11/h3-8H,2H2,1H3. The van der Waals surface area contributed by atoms with Crippen molar-refractivity contribution in [2.45, 2.75) is 6.92 Å². The molecular weight excluding hydrogens is 162 g/mol. The van der Waals surface area contributed by atoms with Gasteiger partial charge in [-0.2, -0.15) is 0 Å². The summed E-state index contributed by atoms with van der Waals surface area (Å²) in [5.74, 6) is 0.715. The summed E-state index contributed by atoms with van der Waals surface area (Å²) in [6, 6.07) is 10.0. The van der Waals surface area contributed by atoms with Gasteiger partial charge in [0.05, 0.1) is 6.61 Å². The second-order valence-electron chi connectivity index (χ2n) is 2.77. The summed E-state index contributed by atoms with van der Waals surface area (Å²) in [7, 11) is 0. The van der Waals surface area contributed by atoms with Gasteiger partial charge in [-0.1, -0.05) is 18.2 Å². The molecule has 0 atom stereocenters. The molecular formula is C11H11NO. The fraction of sp³-hybridized carbons (Fsp3) is 0.182. The molecule has 2 aliphatic rings. The summed E-state index contributed by atoms with van der Waals surface area (Å²) < 4.78 is 5.43. The summed E-state index contributed by atoms with van der Waals surface area (Å²) in [6.07, 6.45) is 1.75. The SMILES string of the molecule is CCOc1ncccc2cccc1-2. The molecule has 66 valence electrons. The Morgan fingerprint density at radius 3 is 2.92 bits per heavy atom. The summed E-state index contributed by atoms with van der Waals surface area (Å²) in [5.41, 5.74) is 2.24. The van der Waals surface area contributed by atoms with Crippen molar-refractivity contribution in [1.82, 2.24) is 4.98 Å². The highest BCUT2D eigenvalue weighted by atomic mass is 16.5. The molecule has 0 spiro atoms. The van der Waals surface area contributed by atoms with E-state index in [4.69, 9.17) is 4.74 Å². The van der Waals surface area contributed by atoms with Gasteiger partial charge in [-0.15, -0.1) is 0 Å². The second-order valence-corrected chi connectivity index (χ2v) is 2.77. The fourth-order valence-electron chi connectivity index (χ4n) is 1.35. The van der Waals surface area contributed by atoms with Crippen LogP contribution in [0.2, 0.25) is 0 Å². The summed E-state index contributed by atoms with van der Waals surface area (Å²) in [6.45, 7) is 2.61. The van der Waals surface area contributed by atoms with Crippen LogP contribution in [-0.2, 0) is 0 Å². The predicted octanol–water partition coefficient (Wildman–Crippen LogP) is 2.59. The van der Waals surface area contributed by atoms with Crippen LogP contribution in [0.1, 0.15) is 6.92 Å². The highest BCUT2D eigenvalue weighted by Gasteiger charge is 2.06. The Hall–Kier alpha value is -1.57. The first-order valence-electron chi connectivity index (χ1n) is 4.38. The molecule has 1 aliphatic heterocycles. The Bertz CT molecular complexity index is 373. The molecule has 2 heteroatoms. The van der Waals surface area contributed by atoms with Gasteiger partial charge in [0, 0.05) is 11.8 Å². The first-order chi connectivity index (χ1) is 6.42. The predicted molar refractivity (Wildman–Crippen MR) is 52.0 cm³/mol. The van der Waals surface area contributed by atoms with Crippen molar-refractivity contribution in [3.63, 3.8) is 0 Å². The number of aromatic nitrogens is 1. The van der Waals surface area contributed by atoms with Crippen LogP contribution in [0.4, 0.5) is 0 Å². The first kappa shape index (κ1) is 8.05. The van der Waals surface area contributed by atoms with Crippen LogP contribution in [0.5, 0.6) is 5.88 Å². The maximum atomic E-state index is 5.43. The Kier molecular flexibility index (Phi) is 2.13. The number of hydrogen-bond donors (Lipinski definition) is 0. The highest BCUT2D eigenvalue weighted by molar-refractivity contribution is 5.70. The van der Waals surface area contributed by atoms with E-state index in [0.717, 1.165) is 5.56 Å². The quantitative estimate of drug-likeness (QED) is 0.696. The van der Waals surface area contributed by atoms with E-state index in [1.165, 1.54) is 5.56 Å². The molecule has 2 rings (SSSR count). The van der Waals surface area contributed by atoms with Gasteiger partial charge < -0.3 is 4.74 Å². The Balaban J connectivity index is 2.53.